The summed E-state index contributed by atoms with van der Waals surface area (Å²) in [6.45, 7) is 7.03. The van der Waals surface area contributed by atoms with Crippen molar-refractivity contribution in [3.63, 3.8) is 0 Å². The molecular formula is C14H26N2O2. The Hall–Kier alpha value is -0.610. The molecule has 2 saturated heterocycles. The Morgan fingerprint density at radius 3 is 2.56 bits per heavy atom. The Labute approximate surface area is 110 Å². The molecule has 0 aromatic carbocycles. The number of ether oxygens (including phenoxy) is 1. The first-order chi connectivity index (χ1) is 8.68. The van der Waals surface area contributed by atoms with Crippen molar-refractivity contribution >= 4 is 5.91 Å². The molecule has 18 heavy (non-hydrogen) atoms. The van der Waals surface area contributed by atoms with E-state index in [4.69, 9.17) is 4.74 Å². The van der Waals surface area contributed by atoms with E-state index in [0.29, 0.717) is 19.6 Å². The molecule has 2 aliphatic rings. The Morgan fingerprint density at radius 1 is 1.22 bits per heavy atom. The van der Waals surface area contributed by atoms with Gasteiger partial charge in [0.1, 0.15) is 0 Å². The molecule has 1 amide bonds. The van der Waals surface area contributed by atoms with Crippen LogP contribution in [0.1, 0.15) is 45.4 Å². The van der Waals surface area contributed by atoms with Crippen molar-refractivity contribution < 1.29 is 9.53 Å². The van der Waals surface area contributed by atoms with E-state index in [1.165, 1.54) is 32.4 Å². The average Bonchev–Trinajstić information content (AvgIpc) is 2.34. The fourth-order valence-corrected chi connectivity index (χ4v) is 2.68. The molecule has 0 aromatic heterocycles. The lowest BCUT2D eigenvalue weighted by Gasteiger charge is -2.38. The van der Waals surface area contributed by atoms with Gasteiger partial charge in [0.2, 0.25) is 5.91 Å². The molecule has 0 aliphatic carbocycles. The minimum absolute atomic E-state index is 0.0933. The fraction of sp³-hybridized carbons (Fsp3) is 0.929. The third-order valence-corrected chi connectivity index (χ3v) is 3.86. The SMILES string of the molecule is CC1(NC(=O)CCCCN2CCCCC2)COC1. The molecular weight excluding hydrogens is 228 g/mol. The predicted molar refractivity (Wildman–Crippen MR) is 71.5 cm³/mol. The second kappa shape index (κ2) is 6.53. The molecule has 104 valence electrons. The summed E-state index contributed by atoms with van der Waals surface area (Å²) in [4.78, 5) is 14.3. The first-order valence-corrected chi connectivity index (χ1v) is 7.29. The molecule has 0 spiro atoms. The maximum atomic E-state index is 11.7. The molecule has 0 radical (unpaired) electrons. The summed E-state index contributed by atoms with van der Waals surface area (Å²) in [5.74, 6) is 0.180. The summed E-state index contributed by atoms with van der Waals surface area (Å²) in [6.07, 6.45) is 6.88. The lowest BCUT2D eigenvalue weighted by molar-refractivity contribution is -0.131. The number of hydrogen-bond acceptors (Lipinski definition) is 3. The van der Waals surface area contributed by atoms with E-state index in [9.17, 15) is 4.79 Å². The molecule has 4 nitrogen and oxygen atoms in total. The van der Waals surface area contributed by atoms with Crippen molar-refractivity contribution in [3.05, 3.63) is 0 Å². The largest absolute Gasteiger partial charge is 0.376 e. The van der Waals surface area contributed by atoms with Crippen LogP contribution in [0.5, 0.6) is 0 Å². The molecule has 0 unspecified atom stereocenters. The highest BCUT2D eigenvalue weighted by Gasteiger charge is 2.34. The van der Waals surface area contributed by atoms with E-state index in [2.05, 4.69) is 10.2 Å². The van der Waals surface area contributed by atoms with E-state index in [0.717, 1.165) is 19.4 Å². The lowest BCUT2D eigenvalue weighted by atomic mass is 10.0. The van der Waals surface area contributed by atoms with Gasteiger partial charge in [-0.05, 0) is 52.2 Å². The number of likely N-dealkylation sites (tertiary alicyclic amines) is 1. The molecule has 2 fully saturated rings. The van der Waals surface area contributed by atoms with Gasteiger partial charge in [-0.15, -0.1) is 0 Å². The smallest absolute Gasteiger partial charge is 0.220 e. The van der Waals surface area contributed by atoms with Crippen LogP contribution in [-0.2, 0) is 9.53 Å². The topological polar surface area (TPSA) is 41.6 Å². The van der Waals surface area contributed by atoms with Crippen molar-refractivity contribution in [3.8, 4) is 0 Å². The van der Waals surface area contributed by atoms with Crippen LogP contribution in [0.15, 0.2) is 0 Å². The van der Waals surface area contributed by atoms with Gasteiger partial charge in [0.25, 0.3) is 0 Å². The number of rotatable bonds is 6. The number of nitrogens with zero attached hydrogens (tertiary/aromatic N) is 1. The second-order valence-electron chi connectivity index (χ2n) is 5.96. The molecule has 2 heterocycles. The van der Waals surface area contributed by atoms with Gasteiger partial charge < -0.3 is 15.0 Å². The second-order valence-corrected chi connectivity index (χ2v) is 5.96. The summed E-state index contributed by atoms with van der Waals surface area (Å²) >= 11 is 0. The maximum absolute atomic E-state index is 11.7. The number of unbranched alkanes of at least 4 members (excludes halogenated alkanes) is 1. The van der Waals surface area contributed by atoms with E-state index in [1.807, 2.05) is 6.92 Å². The van der Waals surface area contributed by atoms with Gasteiger partial charge in [-0.3, -0.25) is 4.79 Å². The monoisotopic (exact) mass is 254 g/mol. The number of amides is 1. The lowest BCUT2D eigenvalue weighted by Crippen LogP contribution is -2.59. The van der Waals surface area contributed by atoms with Crippen molar-refractivity contribution in [1.82, 2.24) is 10.2 Å². The van der Waals surface area contributed by atoms with Crippen LogP contribution in [-0.4, -0.2) is 49.2 Å². The fourth-order valence-electron chi connectivity index (χ4n) is 2.68. The third kappa shape index (κ3) is 4.25. The standard InChI is InChI=1S/C14H26N2O2/c1-14(11-18-12-14)15-13(17)7-3-6-10-16-8-4-2-5-9-16/h2-12H2,1H3,(H,15,17). The zero-order valence-corrected chi connectivity index (χ0v) is 11.5. The van der Waals surface area contributed by atoms with E-state index in [-0.39, 0.29) is 11.4 Å². The van der Waals surface area contributed by atoms with Gasteiger partial charge in [-0.2, -0.15) is 0 Å². The number of carbonyl (C=O) groups excluding carboxylic acids is 1. The number of carbonyl (C=O) groups is 1. The maximum Gasteiger partial charge on any atom is 0.220 e. The van der Waals surface area contributed by atoms with Crippen LogP contribution in [0.4, 0.5) is 0 Å². The first-order valence-electron chi connectivity index (χ1n) is 7.29. The van der Waals surface area contributed by atoms with Gasteiger partial charge in [-0.25, -0.2) is 0 Å². The predicted octanol–water partition coefficient (Wildman–Crippen LogP) is 1.55. The number of hydrogen-bond donors (Lipinski definition) is 1. The van der Waals surface area contributed by atoms with Gasteiger partial charge in [0.15, 0.2) is 0 Å². The van der Waals surface area contributed by atoms with Gasteiger partial charge in [-0.1, -0.05) is 6.42 Å². The zero-order valence-electron chi connectivity index (χ0n) is 11.5. The minimum atomic E-state index is -0.0933. The highest BCUT2D eigenvalue weighted by Crippen LogP contribution is 2.16. The third-order valence-electron chi connectivity index (χ3n) is 3.86. The molecule has 0 saturated carbocycles. The van der Waals surface area contributed by atoms with Gasteiger partial charge >= 0.3 is 0 Å². The normalized spacial score (nSPS) is 23.4. The minimum Gasteiger partial charge on any atom is -0.376 e. The summed E-state index contributed by atoms with van der Waals surface area (Å²) in [5, 5.41) is 3.05. The van der Waals surface area contributed by atoms with Crippen LogP contribution in [0.3, 0.4) is 0 Å². The highest BCUT2D eigenvalue weighted by atomic mass is 16.5. The molecule has 4 heteroatoms. The van der Waals surface area contributed by atoms with Crippen molar-refractivity contribution in [2.24, 2.45) is 0 Å². The summed E-state index contributed by atoms with van der Waals surface area (Å²) in [6, 6.07) is 0. The average molecular weight is 254 g/mol. The van der Waals surface area contributed by atoms with E-state index >= 15 is 0 Å². The summed E-state index contributed by atoms with van der Waals surface area (Å²) in [5.41, 5.74) is -0.0933. The number of piperidine rings is 1. The van der Waals surface area contributed by atoms with E-state index in [1.54, 1.807) is 0 Å². The van der Waals surface area contributed by atoms with Crippen molar-refractivity contribution in [1.29, 1.82) is 0 Å². The molecule has 2 aliphatic heterocycles. The molecule has 0 bridgehead atoms. The molecule has 1 N–H and O–H groups in total. The summed E-state index contributed by atoms with van der Waals surface area (Å²) < 4.78 is 5.12. The van der Waals surface area contributed by atoms with Crippen LogP contribution < -0.4 is 5.32 Å². The van der Waals surface area contributed by atoms with Crippen LogP contribution in [0, 0.1) is 0 Å². The first kappa shape index (κ1) is 13.8. The Balaban J connectivity index is 1.50. The molecule has 2 rings (SSSR count). The zero-order chi connectivity index (χ0) is 12.8. The Kier molecular flexibility index (Phi) is 5.01. The summed E-state index contributed by atoms with van der Waals surface area (Å²) in [7, 11) is 0. The molecule has 0 aromatic rings. The quantitative estimate of drug-likeness (QED) is 0.731. The van der Waals surface area contributed by atoms with Crippen LogP contribution in [0.25, 0.3) is 0 Å². The van der Waals surface area contributed by atoms with Crippen molar-refractivity contribution in [2.45, 2.75) is 51.0 Å². The van der Waals surface area contributed by atoms with E-state index < -0.39 is 0 Å². The molecule has 0 atom stereocenters. The highest BCUT2D eigenvalue weighted by molar-refractivity contribution is 5.76. The number of nitrogens with one attached hydrogen (secondary N) is 1. The van der Waals surface area contributed by atoms with Crippen molar-refractivity contribution in [2.75, 3.05) is 32.8 Å². The van der Waals surface area contributed by atoms with Gasteiger partial charge in [0, 0.05) is 6.42 Å². The van der Waals surface area contributed by atoms with Crippen LogP contribution >= 0.6 is 0 Å². The van der Waals surface area contributed by atoms with Gasteiger partial charge in [0.05, 0.1) is 18.8 Å². The Morgan fingerprint density at radius 2 is 1.94 bits per heavy atom. The Bertz CT molecular complexity index is 271. The van der Waals surface area contributed by atoms with Crippen LogP contribution in [0.2, 0.25) is 0 Å².